The highest BCUT2D eigenvalue weighted by molar-refractivity contribution is 9.10. The molecular formula is C10H12BrN5O. The molecule has 0 N–H and O–H groups in total. The van der Waals surface area contributed by atoms with Crippen LogP contribution in [0.15, 0.2) is 21.9 Å². The second-order valence-corrected chi connectivity index (χ2v) is 4.36. The van der Waals surface area contributed by atoms with Gasteiger partial charge in [-0.25, -0.2) is 14.6 Å². The van der Waals surface area contributed by atoms with Gasteiger partial charge in [0, 0.05) is 6.54 Å². The van der Waals surface area contributed by atoms with Crippen molar-refractivity contribution in [2.75, 3.05) is 0 Å². The van der Waals surface area contributed by atoms with E-state index in [4.69, 9.17) is 0 Å². The van der Waals surface area contributed by atoms with Gasteiger partial charge < -0.3 is 0 Å². The van der Waals surface area contributed by atoms with Crippen molar-refractivity contribution < 1.29 is 0 Å². The minimum absolute atomic E-state index is 0.108. The van der Waals surface area contributed by atoms with E-state index >= 15 is 0 Å². The first kappa shape index (κ1) is 12.0. The zero-order valence-corrected chi connectivity index (χ0v) is 11.2. The molecule has 0 bridgehead atoms. The largest absolute Gasteiger partial charge is 0.291 e. The summed E-state index contributed by atoms with van der Waals surface area (Å²) in [7, 11) is 0. The van der Waals surface area contributed by atoms with Gasteiger partial charge in [0.1, 0.15) is 16.6 Å². The van der Waals surface area contributed by atoms with Crippen LogP contribution in [0.4, 0.5) is 0 Å². The van der Waals surface area contributed by atoms with Crippen LogP contribution >= 0.6 is 15.9 Å². The summed E-state index contributed by atoms with van der Waals surface area (Å²) >= 11 is 3.23. The molecule has 0 saturated heterocycles. The SMILES string of the molecule is CCn1ncnc1Cn1cnc(C)c(Br)c1=O. The molecule has 0 aromatic carbocycles. The lowest BCUT2D eigenvalue weighted by Crippen LogP contribution is -2.24. The molecule has 2 aromatic heterocycles. The Hall–Kier alpha value is -1.50. The smallest absolute Gasteiger partial charge is 0.268 e. The van der Waals surface area contributed by atoms with Gasteiger partial charge in [0.15, 0.2) is 0 Å². The van der Waals surface area contributed by atoms with Crippen LogP contribution in [0.1, 0.15) is 18.4 Å². The molecule has 0 atom stereocenters. The number of aryl methyl sites for hydroxylation is 2. The first-order valence-corrected chi connectivity index (χ1v) is 6.01. The van der Waals surface area contributed by atoms with E-state index in [0.717, 1.165) is 12.4 Å². The van der Waals surface area contributed by atoms with Crippen molar-refractivity contribution in [2.45, 2.75) is 26.9 Å². The van der Waals surface area contributed by atoms with Gasteiger partial charge in [-0.1, -0.05) is 0 Å². The lowest BCUT2D eigenvalue weighted by atomic mass is 10.4. The van der Waals surface area contributed by atoms with Crippen LogP contribution in [0.25, 0.3) is 0 Å². The van der Waals surface area contributed by atoms with Crippen molar-refractivity contribution >= 4 is 15.9 Å². The van der Waals surface area contributed by atoms with Crippen molar-refractivity contribution in [3.8, 4) is 0 Å². The maximum atomic E-state index is 11.9. The molecule has 2 rings (SSSR count). The fraction of sp³-hybridized carbons (Fsp3) is 0.400. The van der Waals surface area contributed by atoms with Gasteiger partial charge in [-0.2, -0.15) is 5.10 Å². The van der Waals surface area contributed by atoms with E-state index in [-0.39, 0.29) is 5.56 Å². The van der Waals surface area contributed by atoms with E-state index in [0.29, 0.717) is 16.7 Å². The lowest BCUT2D eigenvalue weighted by molar-refractivity contribution is 0.580. The number of rotatable bonds is 3. The molecule has 7 heteroatoms. The fourth-order valence-corrected chi connectivity index (χ4v) is 1.82. The van der Waals surface area contributed by atoms with Crippen LogP contribution in [-0.2, 0) is 13.1 Å². The quantitative estimate of drug-likeness (QED) is 0.847. The molecule has 90 valence electrons. The molecule has 0 aliphatic rings. The van der Waals surface area contributed by atoms with E-state index in [1.807, 2.05) is 6.92 Å². The molecule has 0 aliphatic carbocycles. The van der Waals surface area contributed by atoms with E-state index < -0.39 is 0 Å². The highest BCUT2D eigenvalue weighted by Gasteiger charge is 2.08. The van der Waals surface area contributed by atoms with Crippen LogP contribution in [0.3, 0.4) is 0 Å². The third-order valence-electron chi connectivity index (χ3n) is 2.46. The second kappa shape index (κ2) is 4.79. The van der Waals surface area contributed by atoms with Gasteiger partial charge in [-0.15, -0.1) is 0 Å². The minimum Gasteiger partial charge on any atom is -0.291 e. The number of aromatic nitrogens is 5. The van der Waals surface area contributed by atoms with Crippen molar-refractivity contribution in [3.63, 3.8) is 0 Å². The zero-order valence-electron chi connectivity index (χ0n) is 9.59. The highest BCUT2D eigenvalue weighted by atomic mass is 79.9. The van der Waals surface area contributed by atoms with Gasteiger partial charge in [0.25, 0.3) is 5.56 Å². The third kappa shape index (κ3) is 2.28. The number of hydrogen-bond donors (Lipinski definition) is 0. The topological polar surface area (TPSA) is 65.6 Å². The summed E-state index contributed by atoms with van der Waals surface area (Å²) in [4.78, 5) is 20.2. The summed E-state index contributed by atoms with van der Waals surface area (Å²) in [5.41, 5.74) is 0.575. The second-order valence-electron chi connectivity index (χ2n) is 3.57. The monoisotopic (exact) mass is 297 g/mol. The summed E-state index contributed by atoms with van der Waals surface area (Å²) in [5.74, 6) is 0.743. The molecule has 0 saturated carbocycles. The van der Waals surface area contributed by atoms with Crippen molar-refractivity contribution in [2.24, 2.45) is 0 Å². The van der Waals surface area contributed by atoms with Crippen LogP contribution < -0.4 is 5.56 Å². The minimum atomic E-state index is -0.108. The maximum absolute atomic E-state index is 11.9. The molecular weight excluding hydrogens is 286 g/mol. The maximum Gasteiger partial charge on any atom is 0.268 e. The predicted molar refractivity (Wildman–Crippen MR) is 65.7 cm³/mol. The average Bonchev–Trinajstić information content (AvgIpc) is 2.77. The third-order valence-corrected chi connectivity index (χ3v) is 3.38. The number of halogens is 1. The van der Waals surface area contributed by atoms with E-state index in [1.54, 1.807) is 11.6 Å². The van der Waals surface area contributed by atoms with Crippen LogP contribution in [0, 0.1) is 6.92 Å². The van der Waals surface area contributed by atoms with Gasteiger partial charge in [-0.05, 0) is 29.8 Å². The van der Waals surface area contributed by atoms with Crippen LogP contribution in [-0.4, -0.2) is 24.3 Å². The van der Waals surface area contributed by atoms with E-state index in [2.05, 4.69) is 31.0 Å². The summed E-state index contributed by atoms with van der Waals surface area (Å²) in [6, 6.07) is 0. The average molecular weight is 298 g/mol. The standard InChI is InChI=1S/C10H12BrN5O/c1-3-16-8(12-5-14-16)4-15-6-13-7(2)9(11)10(15)17/h5-6H,3-4H2,1-2H3. The van der Waals surface area contributed by atoms with Crippen LogP contribution in [0.5, 0.6) is 0 Å². The summed E-state index contributed by atoms with van der Waals surface area (Å²) in [5, 5.41) is 4.06. The summed E-state index contributed by atoms with van der Waals surface area (Å²) in [6.45, 7) is 4.86. The Morgan fingerprint density at radius 1 is 1.41 bits per heavy atom. The Bertz CT molecular complexity index is 589. The number of hydrogen-bond acceptors (Lipinski definition) is 4. The predicted octanol–water partition coefficient (Wildman–Crippen LogP) is 0.974. The van der Waals surface area contributed by atoms with Crippen molar-refractivity contribution in [3.05, 3.63) is 39.0 Å². The molecule has 0 spiro atoms. The normalized spacial score (nSPS) is 10.8. The van der Waals surface area contributed by atoms with Crippen LogP contribution in [0.2, 0.25) is 0 Å². The summed E-state index contributed by atoms with van der Waals surface area (Å²) in [6.07, 6.45) is 3.01. The van der Waals surface area contributed by atoms with Gasteiger partial charge >= 0.3 is 0 Å². The fourth-order valence-electron chi connectivity index (χ4n) is 1.49. The van der Waals surface area contributed by atoms with Gasteiger partial charge in [0.05, 0.1) is 18.6 Å². The summed E-state index contributed by atoms with van der Waals surface area (Å²) < 4.78 is 3.75. The first-order chi connectivity index (χ1) is 8.13. The van der Waals surface area contributed by atoms with Gasteiger partial charge in [0.2, 0.25) is 0 Å². The Balaban J connectivity index is 2.37. The van der Waals surface area contributed by atoms with E-state index in [9.17, 15) is 4.79 Å². The first-order valence-electron chi connectivity index (χ1n) is 5.21. The molecule has 17 heavy (non-hydrogen) atoms. The molecule has 0 fully saturated rings. The molecule has 0 aliphatic heterocycles. The molecule has 6 nitrogen and oxygen atoms in total. The Kier molecular flexibility index (Phi) is 3.37. The highest BCUT2D eigenvalue weighted by Crippen LogP contribution is 2.06. The Morgan fingerprint density at radius 2 is 2.18 bits per heavy atom. The molecule has 0 amide bonds. The Morgan fingerprint density at radius 3 is 2.88 bits per heavy atom. The zero-order chi connectivity index (χ0) is 12.4. The van der Waals surface area contributed by atoms with E-state index in [1.165, 1.54) is 17.2 Å². The molecule has 2 aromatic rings. The Labute approximate surface area is 106 Å². The number of nitrogens with zero attached hydrogens (tertiary/aromatic N) is 5. The van der Waals surface area contributed by atoms with Crippen molar-refractivity contribution in [1.82, 2.24) is 24.3 Å². The van der Waals surface area contributed by atoms with Gasteiger partial charge in [-0.3, -0.25) is 9.36 Å². The van der Waals surface area contributed by atoms with Crippen molar-refractivity contribution in [1.29, 1.82) is 0 Å². The lowest BCUT2D eigenvalue weighted by Gasteiger charge is -2.07. The molecule has 0 unspecified atom stereocenters. The molecule has 0 radical (unpaired) electrons. The molecule has 2 heterocycles.